The number of piperazine rings is 1. The molecule has 7 nitrogen and oxygen atoms in total. The molecule has 24 heavy (non-hydrogen) atoms. The second-order valence-electron chi connectivity index (χ2n) is 5.68. The Labute approximate surface area is 141 Å². The number of benzene rings is 1. The van der Waals surface area contributed by atoms with Crippen molar-refractivity contribution in [3.63, 3.8) is 0 Å². The van der Waals surface area contributed by atoms with Gasteiger partial charge in [0.05, 0.1) is 7.11 Å². The highest BCUT2D eigenvalue weighted by Crippen LogP contribution is 2.22. The van der Waals surface area contributed by atoms with E-state index in [0.717, 1.165) is 42.4 Å². The SMILES string of the molecule is COc1cccc(Nc2cc(C)nc(N3CCN(C=O)CC3)n2)c1. The van der Waals surface area contributed by atoms with Crippen molar-refractivity contribution in [2.75, 3.05) is 43.5 Å². The number of methoxy groups -OCH3 is 1. The molecule has 0 radical (unpaired) electrons. The summed E-state index contributed by atoms with van der Waals surface area (Å²) < 4.78 is 5.24. The summed E-state index contributed by atoms with van der Waals surface area (Å²) in [5.74, 6) is 2.21. The number of hydrogen-bond donors (Lipinski definition) is 1. The molecule has 0 bridgehead atoms. The Morgan fingerprint density at radius 3 is 2.67 bits per heavy atom. The van der Waals surface area contributed by atoms with Gasteiger partial charge in [0, 0.05) is 49.7 Å². The lowest BCUT2D eigenvalue weighted by molar-refractivity contribution is -0.118. The lowest BCUT2D eigenvalue weighted by Crippen LogP contribution is -2.46. The van der Waals surface area contributed by atoms with Gasteiger partial charge in [-0.1, -0.05) is 6.07 Å². The molecule has 2 aromatic rings. The average molecular weight is 327 g/mol. The molecule has 0 saturated carbocycles. The van der Waals surface area contributed by atoms with E-state index in [0.29, 0.717) is 19.0 Å². The van der Waals surface area contributed by atoms with Crippen LogP contribution in [0.3, 0.4) is 0 Å². The monoisotopic (exact) mass is 327 g/mol. The highest BCUT2D eigenvalue weighted by atomic mass is 16.5. The number of ether oxygens (including phenoxy) is 1. The molecule has 0 aliphatic carbocycles. The Balaban J connectivity index is 1.77. The highest BCUT2D eigenvalue weighted by molar-refractivity contribution is 5.59. The van der Waals surface area contributed by atoms with Gasteiger partial charge in [0.25, 0.3) is 0 Å². The highest BCUT2D eigenvalue weighted by Gasteiger charge is 2.18. The molecule has 0 unspecified atom stereocenters. The van der Waals surface area contributed by atoms with E-state index in [4.69, 9.17) is 4.74 Å². The van der Waals surface area contributed by atoms with Crippen LogP contribution in [-0.2, 0) is 4.79 Å². The first-order valence-corrected chi connectivity index (χ1v) is 7.89. The molecule has 1 aromatic heterocycles. The summed E-state index contributed by atoms with van der Waals surface area (Å²) in [6.45, 7) is 4.81. The van der Waals surface area contributed by atoms with Crippen molar-refractivity contribution in [2.24, 2.45) is 0 Å². The van der Waals surface area contributed by atoms with Crippen molar-refractivity contribution in [1.29, 1.82) is 0 Å². The molecule has 7 heteroatoms. The third-order valence-electron chi connectivity index (χ3n) is 3.93. The Hall–Kier alpha value is -2.83. The number of aromatic nitrogens is 2. The van der Waals surface area contributed by atoms with E-state index in [9.17, 15) is 4.79 Å². The number of carbonyl (C=O) groups is 1. The summed E-state index contributed by atoms with van der Waals surface area (Å²) in [6, 6.07) is 9.61. The topological polar surface area (TPSA) is 70.6 Å². The number of hydrogen-bond acceptors (Lipinski definition) is 6. The van der Waals surface area contributed by atoms with Gasteiger partial charge in [0.15, 0.2) is 0 Å². The minimum Gasteiger partial charge on any atom is -0.497 e. The maximum Gasteiger partial charge on any atom is 0.227 e. The molecule has 1 aromatic carbocycles. The lowest BCUT2D eigenvalue weighted by Gasteiger charge is -2.32. The third kappa shape index (κ3) is 3.73. The zero-order valence-corrected chi connectivity index (χ0v) is 13.9. The number of rotatable bonds is 5. The maximum atomic E-state index is 10.8. The maximum absolute atomic E-state index is 10.8. The molecule has 2 heterocycles. The largest absolute Gasteiger partial charge is 0.497 e. The molecule has 3 rings (SSSR count). The second kappa shape index (κ2) is 7.16. The molecule has 1 aliphatic rings. The fraction of sp³-hybridized carbons (Fsp3) is 0.353. The van der Waals surface area contributed by atoms with Crippen LogP contribution in [0.2, 0.25) is 0 Å². The van der Waals surface area contributed by atoms with Gasteiger partial charge in [-0.2, -0.15) is 4.98 Å². The van der Waals surface area contributed by atoms with Gasteiger partial charge in [0.1, 0.15) is 11.6 Å². The van der Waals surface area contributed by atoms with E-state index >= 15 is 0 Å². The van der Waals surface area contributed by atoms with Crippen molar-refractivity contribution in [3.8, 4) is 5.75 Å². The number of carbonyl (C=O) groups excluding carboxylic acids is 1. The summed E-state index contributed by atoms with van der Waals surface area (Å²) in [7, 11) is 1.64. The fourth-order valence-corrected chi connectivity index (χ4v) is 2.63. The standard InChI is InChI=1S/C17H21N5O2/c1-13-10-16(19-14-4-3-5-15(11-14)24-2)20-17(18-13)22-8-6-21(12-23)7-9-22/h3-5,10-12H,6-9H2,1-2H3,(H,18,19,20). The van der Waals surface area contributed by atoms with E-state index in [1.165, 1.54) is 0 Å². The van der Waals surface area contributed by atoms with Gasteiger partial charge in [-0.25, -0.2) is 4.98 Å². The smallest absolute Gasteiger partial charge is 0.227 e. The molecule has 1 N–H and O–H groups in total. The normalized spacial score (nSPS) is 14.4. The molecule has 126 valence electrons. The minimum atomic E-state index is 0.686. The molecule has 1 saturated heterocycles. The van der Waals surface area contributed by atoms with Crippen LogP contribution in [0.1, 0.15) is 5.69 Å². The molecule has 1 amide bonds. The summed E-state index contributed by atoms with van der Waals surface area (Å²) in [4.78, 5) is 23.8. The number of nitrogens with zero attached hydrogens (tertiary/aromatic N) is 4. The molecule has 1 fully saturated rings. The molecule has 1 aliphatic heterocycles. The van der Waals surface area contributed by atoms with Crippen LogP contribution in [0.5, 0.6) is 5.75 Å². The van der Waals surface area contributed by atoms with Crippen molar-refractivity contribution < 1.29 is 9.53 Å². The lowest BCUT2D eigenvalue weighted by atomic mass is 10.3. The number of amides is 1. The van der Waals surface area contributed by atoms with Crippen LogP contribution in [-0.4, -0.2) is 54.6 Å². The Bertz CT molecular complexity index is 714. The average Bonchev–Trinajstić information content (AvgIpc) is 2.61. The van der Waals surface area contributed by atoms with Crippen LogP contribution in [0.15, 0.2) is 30.3 Å². The van der Waals surface area contributed by atoms with Gasteiger partial charge < -0.3 is 19.9 Å². The van der Waals surface area contributed by atoms with Crippen molar-refractivity contribution >= 4 is 23.9 Å². The van der Waals surface area contributed by atoms with Gasteiger partial charge in [0.2, 0.25) is 12.4 Å². The van der Waals surface area contributed by atoms with Crippen LogP contribution in [0.4, 0.5) is 17.5 Å². The predicted molar refractivity (Wildman–Crippen MR) is 92.9 cm³/mol. The van der Waals surface area contributed by atoms with Crippen LogP contribution in [0, 0.1) is 6.92 Å². The number of nitrogens with one attached hydrogen (secondary N) is 1. The van der Waals surface area contributed by atoms with E-state index in [2.05, 4.69) is 20.2 Å². The van der Waals surface area contributed by atoms with E-state index < -0.39 is 0 Å². The first kappa shape index (κ1) is 16.0. The quantitative estimate of drug-likeness (QED) is 0.845. The summed E-state index contributed by atoms with van der Waals surface area (Å²) in [6.07, 6.45) is 0.893. The van der Waals surface area contributed by atoms with Gasteiger partial charge in [-0.15, -0.1) is 0 Å². The Morgan fingerprint density at radius 2 is 1.96 bits per heavy atom. The fourth-order valence-electron chi connectivity index (χ4n) is 2.63. The molecular weight excluding hydrogens is 306 g/mol. The summed E-state index contributed by atoms with van der Waals surface area (Å²) in [5.41, 5.74) is 1.80. The van der Waals surface area contributed by atoms with Gasteiger partial charge >= 0.3 is 0 Å². The predicted octanol–water partition coefficient (Wildman–Crippen LogP) is 1.82. The van der Waals surface area contributed by atoms with E-state index in [1.54, 1.807) is 12.0 Å². The first-order valence-electron chi connectivity index (χ1n) is 7.89. The number of anilines is 3. The summed E-state index contributed by atoms with van der Waals surface area (Å²) in [5, 5.41) is 3.29. The zero-order chi connectivity index (χ0) is 16.9. The Morgan fingerprint density at radius 1 is 1.17 bits per heavy atom. The van der Waals surface area contributed by atoms with Crippen molar-refractivity contribution in [1.82, 2.24) is 14.9 Å². The van der Waals surface area contributed by atoms with Gasteiger partial charge in [-0.05, 0) is 19.1 Å². The van der Waals surface area contributed by atoms with Gasteiger partial charge in [-0.3, -0.25) is 4.79 Å². The molecular formula is C17H21N5O2. The minimum absolute atomic E-state index is 0.686. The van der Waals surface area contributed by atoms with Crippen LogP contribution < -0.4 is 15.0 Å². The second-order valence-corrected chi connectivity index (χ2v) is 5.68. The zero-order valence-electron chi connectivity index (χ0n) is 13.9. The first-order chi connectivity index (χ1) is 11.7. The Kier molecular flexibility index (Phi) is 4.79. The van der Waals surface area contributed by atoms with Crippen LogP contribution in [0.25, 0.3) is 0 Å². The molecule has 0 atom stereocenters. The third-order valence-corrected chi connectivity index (χ3v) is 3.93. The molecule has 0 spiro atoms. The van der Waals surface area contributed by atoms with Crippen molar-refractivity contribution in [3.05, 3.63) is 36.0 Å². The van der Waals surface area contributed by atoms with Crippen LogP contribution >= 0.6 is 0 Å². The van der Waals surface area contributed by atoms with E-state index in [-0.39, 0.29) is 0 Å². The van der Waals surface area contributed by atoms with Crippen molar-refractivity contribution in [2.45, 2.75) is 6.92 Å². The summed E-state index contributed by atoms with van der Waals surface area (Å²) >= 11 is 0. The number of aryl methyl sites for hydroxylation is 1. The van der Waals surface area contributed by atoms with E-state index in [1.807, 2.05) is 37.3 Å².